The molecule has 0 atom stereocenters. The molecule has 8 aromatic rings. The molecule has 1 aliphatic rings. The van der Waals surface area contributed by atoms with E-state index in [2.05, 4.69) is 117 Å². The number of rotatable bonds is 4. The molecule has 46 heavy (non-hydrogen) atoms. The number of hydrogen-bond donors (Lipinski definition) is 0. The van der Waals surface area contributed by atoms with E-state index in [4.69, 9.17) is 19.4 Å². The smallest absolute Gasteiger partial charge is 0.167 e. The predicted octanol–water partition coefficient (Wildman–Crippen LogP) is 10.7. The Hall–Kier alpha value is -5.87. The van der Waals surface area contributed by atoms with Crippen LogP contribution < -0.4 is 0 Å². The molecule has 0 spiro atoms. The molecule has 4 heteroatoms. The van der Waals surface area contributed by atoms with Gasteiger partial charge in [0.25, 0.3) is 0 Å². The molecule has 0 radical (unpaired) electrons. The molecule has 9 rings (SSSR count). The van der Waals surface area contributed by atoms with Crippen LogP contribution in [0.25, 0.3) is 78.4 Å². The van der Waals surface area contributed by atoms with Gasteiger partial charge in [0.1, 0.15) is 11.2 Å². The fourth-order valence-corrected chi connectivity index (χ4v) is 7.12. The van der Waals surface area contributed by atoms with E-state index < -0.39 is 0 Å². The van der Waals surface area contributed by atoms with E-state index in [1.807, 2.05) is 36.4 Å². The molecule has 0 N–H and O–H groups in total. The first-order chi connectivity index (χ1) is 22.6. The minimum absolute atomic E-state index is 0.129. The average Bonchev–Trinajstić information content (AvgIpc) is 3.61. The van der Waals surface area contributed by atoms with Crippen molar-refractivity contribution in [3.05, 3.63) is 151 Å². The Kier molecular flexibility index (Phi) is 5.81. The topological polar surface area (TPSA) is 51.8 Å². The van der Waals surface area contributed by atoms with Gasteiger partial charge in [-0.25, -0.2) is 15.0 Å². The molecule has 4 nitrogen and oxygen atoms in total. The fourth-order valence-electron chi connectivity index (χ4n) is 7.12. The predicted molar refractivity (Wildman–Crippen MR) is 186 cm³/mol. The summed E-state index contributed by atoms with van der Waals surface area (Å²) in [5.41, 5.74) is 11.4. The van der Waals surface area contributed by atoms with Crippen molar-refractivity contribution in [3.8, 4) is 56.4 Å². The Bertz CT molecular complexity index is 2440. The van der Waals surface area contributed by atoms with Crippen molar-refractivity contribution in [3.63, 3.8) is 0 Å². The number of hydrogen-bond acceptors (Lipinski definition) is 4. The number of benzene rings is 6. The van der Waals surface area contributed by atoms with Crippen molar-refractivity contribution in [1.29, 1.82) is 0 Å². The maximum Gasteiger partial charge on any atom is 0.167 e. The Morgan fingerprint density at radius 2 is 0.913 bits per heavy atom. The van der Waals surface area contributed by atoms with Gasteiger partial charge in [0, 0.05) is 32.9 Å². The normalized spacial score (nSPS) is 13.2. The molecule has 0 fully saturated rings. The number of nitrogens with zero attached hydrogens (tertiary/aromatic N) is 3. The zero-order valence-electron chi connectivity index (χ0n) is 25.5. The summed E-state index contributed by atoms with van der Waals surface area (Å²) >= 11 is 0. The molecule has 218 valence electrons. The van der Waals surface area contributed by atoms with E-state index in [1.165, 1.54) is 22.3 Å². The van der Waals surface area contributed by atoms with Gasteiger partial charge in [-0.15, -0.1) is 0 Å². The third kappa shape index (κ3) is 3.97. The second-order valence-corrected chi connectivity index (χ2v) is 12.4. The van der Waals surface area contributed by atoms with Crippen LogP contribution in [0.4, 0.5) is 0 Å². The van der Waals surface area contributed by atoms with Crippen LogP contribution in [0.5, 0.6) is 0 Å². The summed E-state index contributed by atoms with van der Waals surface area (Å²) in [5.74, 6) is 1.85. The lowest BCUT2D eigenvalue weighted by Crippen LogP contribution is -2.14. The van der Waals surface area contributed by atoms with Crippen LogP contribution in [0, 0.1) is 0 Å². The average molecular weight is 592 g/mol. The van der Waals surface area contributed by atoms with Crippen LogP contribution in [0.1, 0.15) is 25.0 Å². The molecule has 0 aliphatic heterocycles. The Morgan fingerprint density at radius 3 is 1.65 bits per heavy atom. The summed E-state index contributed by atoms with van der Waals surface area (Å²) in [5, 5.41) is 2.10. The second kappa shape index (κ2) is 10.1. The van der Waals surface area contributed by atoms with E-state index in [0.717, 1.165) is 49.8 Å². The quantitative estimate of drug-likeness (QED) is 0.204. The van der Waals surface area contributed by atoms with E-state index >= 15 is 0 Å². The minimum Gasteiger partial charge on any atom is -0.455 e. The highest BCUT2D eigenvalue weighted by Gasteiger charge is 2.37. The molecule has 0 amide bonds. The van der Waals surface area contributed by atoms with Gasteiger partial charge < -0.3 is 4.42 Å². The van der Waals surface area contributed by atoms with Gasteiger partial charge in [0.2, 0.25) is 0 Å². The zero-order chi connectivity index (χ0) is 30.8. The fraction of sp³-hybridized carbons (Fsp3) is 0.0714. The molecule has 0 saturated heterocycles. The van der Waals surface area contributed by atoms with Crippen molar-refractivity contribution in [1.82, 2.24) is 15.0 Å². The van der Waals surface area contributed by atoms with Crippen molar-refractivity contribution in [2.45, 2.75) is 19.3 Å². The third-order valence-corrected chi connectivity index (χ3v) is 9.37. The molecule has 1 aliphatic carbocycles. The summed E-state index contributed by atoms with van der Waals surface area (Å²) < 4.78 is 6.76. The lowest BCUT2D eigenvalue weighted by molar-refractivity contribution is 0.660. The number of para-hydroxylation sites is 2. The van der Waals surface area contributed by atoms with Gasteiger partial charge in [-0.05, 0) is 33.9 Å². The Morgan fingerprint density at radius 1 is 0.413 bits per heavy atom. The second-order valence-electron chi connectivity index (χ2n) is 12.4. The lowest BCUT2D eigenvalue weighted by atomic mass is 9.82. The number of furan rings is 1. The first-order valence-electron chi connectivity index (χ1n) is 15.6. The molecular formula is C42H29N3O. The maximum atomic E-state index is 6.76. The first-order valence-corrected chi connectivity index (χ1v) is 15.6. The SMILES string of the molecule is CC1(C)c2ccccc2-c2c(-c3nc(-c4ccccc4)nc(-c4cccc5c4oc4c(-c6ccccc6)cccc45)n3)cccc21. The van der Waals surface area contributed by atoms with E-state index in [1.54, 1.807) is 0 Å². The monoisotopic (exact) mass is 591 g/mol. The molecule has 2 heterocycles. The minimum atomic E-state index is -0.129. The summed E-state index contributed by atoms with van der Waals surface area (Å²) in [6, 6.07) is 48.2. The summed E-state index contributed by atoms with van der Waals surface area (Å²) in [4.78, 5) is 15.4. The maximum absolute atomic E-state index is 6.76. The van der Waals surface area contributed by atoms with Gasteiger partial charge in [-0.2, -0.15) is 0 Å². The van der Waals surface area contributed by atoms with Crippen LogP contribution in [0.2, 0.25) is 0 Å². The van der Waals surface area contributed by atoms with E-state index in [9.17, 15) is 0 Å². The van der Waals surface area contributed by atoms with Gasteiger partial charge >= 0.3 is 0 Å². The van der Waals surface area contributed by atoms with Crippen LogP contribution in [0.15, 0.2) is 144 Å². The van der Waals surface area contributed by atoms with Gasteiger partial charge in [-0.3, -0.25) is 0 Å². The van der Waals surface area contributed by atoms with Gasteiger partial charge in [0.05, 0.1) is 5.56 Å². The van der Waals surface area contributed by atoms with Crippen LogP contribution in [0.3, 0.4) is 0 Å². The molecule has 2 aromatic heterocycles. The number of aromatic nitrogens is 3. The third-order valence-electron chi connectivity index (χ3n) is 9.37. The Balaban J connectivity index is 1.31. The highest BCUT2D eigenvalue weighted by molar-refractivity contribution is 6.12. The van der Waals surface area contributed by atoms with Crippen molar-refractivity contribution < 1.29 is 4.42 Å². The summed E-state index contributed by atoms with van der Waals surface area (Å²) in [6.07, 6.45) is 0. The van der Waals surface area contributed by atoms with E-state index in [-0.39, 0.29) is 5.41 Å². The summed E-state index contributed by atoms with van der Waals surface area (Å²) in [7, 11) is 0. The van der Waals surface area contributed by atoms with Gasteiger partial charge in [0.15, 0.2) is 17.5 Å². The van der Waals surface area contributed by atoms with Crippen molar-refractivity contribution in [2.24, 2.45) is 0 Å². The van der Waals surface area contributed by atoms with Crippen LogP contribution in [-0.2, 0) is 5.41 Å². The van der Waals surface area contributed by atoms with E-state index in [0.29, 0.717) is 17.5 Å². The number of fused-ring (bicyclic) bond motifs is 6. The van der Waals surface area contributed by atoms with Gasteiger partial charge in [-0.1, -0.05) is 147 Å². The van der Waals surface area contributed by atoms with Crippen LogP contribution in [-0.4, -0.2) is 15.0 Å². The Labute approximate surface area is 267 Å². The zero-order valence-corrected chi connectivity index (χ0v) is 25.5. The van der Waals surface area contributed by atoms with Crippen molar-refractivity contribution >= 4 is 21.9 Å². The molecule has 6 aromatic carbocycles. The molecular weight excluding hydrogens is 562 g/mol. The molecule has 0 saturated carbocycles. The lowest BCUT2D eigenvalue weighted by Gasteiger charge is -2.21. The molecule has 0 bridgehead atoms. The highest BCUT2D eigenvalue weighted by Crippen LogP contribution is 2.51. The van der Waals surface area contributed by atoms with Crippen molar-refractivity contribution in [2.75, 3.05) is 0 Å². The van der Waals surface area contributed by atoms with Crippen LogP contribution >= 0.6 is 0 Å². The largest absolute Gasteiger partial charge is 0.455 e. The standard InChI is InChI=1S/C42H29N3O/c1-42(2)34-24-10-9-18-31(34)36-32(22-13-25-35(36)42)40-43-39(27-16-7-4-8-17-27)44-41(45-40)33-23-12-21-30-29-20-11-19-28(37(29)46-38(30)33)26-14-5-3-6-15-26/h3-25H,1-2H3. The summed E-state index contributed by atoms with van der Waals surface area (Å²) in [6.45, 7) is 4.59. The molecule has 0 unspecified atom stereocenters. The first kappa shape index (κ1) is 26.5. The highest BCUT2D eigenvalue weighted by atomic mass is 16.3.